The average molecular weight is 366 g/mol. The van der Waals surface area contributed by atoms with Gasteiger partial charge in [-0.3, -0.25) is 4.79 Å². The molecular formula is C21H23N3OS. The van der Waals surface area contributed by atoms with Gasteiger partial charge in [-0.05, 0) is 38.0 Å². The molecule has 1 heterocycles. The molecule has 0 aliphatic rings. The molecule has 0 saturated heterocycles. The summed E-state index contributed by atoms with van der Waals surface area (Å²) in [6.45, 7) is 6.16. The van der Waals surface area contributed by atoms with Crippen LogP contribution < -0.4 is 5.32 Å². The van der Waals surface area contributed by atoms with Gasteiger partial charge in [-0.15, -0.1) is 0 Å². The van der Waals surface area contributed by atoms with Gasteiger partial charge >= 0.3 is 0 Å². The Morgan fingerprint density at radius 3 is 2.69 bits per heavy atom. The lowest BCUT2D eigenvalue weighted by atomic mass is 10.1. The Kier molecular flexibility index (Phi) is 5.89. The summed E-state index contributed by atoms with van der Waals surface area (Å²) in [6, 6.07) is 14.0. The van der Waals surface area contributed by atoms with Crippen LogP contribution in [-0.2, 0) is 11.2 Å². The van der Waals surface area contributed by atoms with E-state index in [4.69, 9.17) is 0 Å². The molecule has 0 unspecified atom stereocenters. The minimum Gasteiger partial charge on any atom is -0.325 e. The van der Waals surface area contributed by atoms with Crippen LogP contribution in [0, 0.1) is 13.8 Å². The highest BCUT2D eigenvalue weighted by Gasteiger charge is 2.11. The predicted octanol–water partition coefficient (Wildman–Crippen LogP) is 4.93. The van der Waals surface area contributed by atoms with Crippen molar-refractivity contribution in [2.75, 3.05) is 11.1 Å². The second-order valence-corrected chi connectivity index (χ2v) is 7.33. The van der Waals surface area contributed by atoms with Crippen LogP contribution in [0.3, 0.4) is 0 Å². The number of amides is 1. The number of carbonyl (C=O) groups is 1. The van der Waals surface area contributed by atoms with E-state index in [0.717, 1.165) is 45.8 Å². The van der Waals surface area contributed by atoms with Crippen LogP contribution in [-0.4, -0.2) is 21.6 Å². The molecule has 1 N–H and O–H groups in total. The number of carbonyl (C=O) groups excluding carboxylic acids is 1. The van der Waals surface area contributed by atoms with Gasteiger partial charge in [-0.1, -0.05) is 54.6 Å². The molecule has 0 aliphatic heterocycles. The lowest BCUT2D eigenvalue weighted by Crippen LogP contribution is -2.15. The predicted molar refractivity (Wildman–Crippen MR) is 109 cm³/mol. The van der Waals surface area contributed by atoms with Crippen molar-refractivity contribution < 1.29 is 4.79 Å². The first-order chi connectivity index (χ1) is 12.6. The highest BCUT2D eigenvalue weighted by Crippen LogP contribution is 2.26. The van der Waals surface area contributed by atoms with E-state index in [1.807, 2.05) is 50.2 Å². The fourth-order valence-corrected chi connectivity index (χ4v) is 3.65. The van der Waals surface area contributed by atoms with Crippen molar-refractivity contribution in [1.82, 2.24) is 9.97 Å². The van der Waals surface area contributed by atoms with Crippen LogP contribution in [0.25, 0.3) is 10.9 Å². The van der Waals surface area contributed by atoms with Gasteiger partial charge in [0.1, 0.15) is 10.9 Å². The molecule has 134 valence electrons. The van der Waals surface area contributed by atoms with Gasteiger partial charge in [0, 0.05) is 17.5 Å². The molecule has 0 fully saturated rings. The molecule has 4 nitrogen and oxygen atoms in total. The number of thioether (sulfide) groups is 1. The van der Waals surface area contributed by atoms with Gasteiger partial charge in [0.05, 0.1) is 11.3 Å². The molecule has 3 rings (SSSR count). The maximum atomic E-state index is 12.4. The zero-order valence-electron chi connectivity index (χ0n) is 15.4. The maximum absolute atomic E-state index is 12.4. The quantitative estimate of drug-likeness (QED) is 0.497. The van der Waals surface area contributed by atoms with E-state index in [9.17, 15) is 4.79 Å². The van der Waals surface area contributed by atoms with Gasteiger partial charge in [-0.2, -0.15) is 0 Å². The Bertz CT molecular complexity index is 940. The average Bonchev–Trinajstić information content (AvgIpc) is 2.62. The molecule has 0 saturated carbocycles. The number of para-hydroxylation sites is 1. The van der Waals surface area contributed by atoms with Gasteiger partial charge in [0.15, 0.2) is 0 Å². The molecule has 5 heteroatoms. The van der Waals surface area contributed by atoms with Gasteiger partial charge in [0.2, 0.25) is 5.91 Å². The topological polar surface area (TPSA) is 54.9 Å². The summed E-state index contributed by atoms with van der Waals surface area (Å²) in [4.78, 5) is 21.7. The lowest BCUT2D eigenvalue weighted by Gasteiger charge is -2.10. The molecule has 0 atom stereocenters. The number of aryl methyl sites for hydroxylation is 3. The first kappa shape index (κ1) is 18.4. The molecule has 3 aromatic rings. The largest absolute Gasteiger partial charge is 0.325 e. The van der Waals surface area contributed by atoms with E-state index in [0.29, 0.717) is 5.75 Å². The number of aromatic nitrogens is 2. The number of hydrogen-bond donors (Lipinski definition) is 1. The Labute approximate surface area is 158 Å². The third kappa shape index (κ3) is 4.41. The standard InChI is InChI=1S/C21H23N3OS/c1-4-7-19-22-18-9-6-5-8-16(18)21(24-19)26-13-20(25)23-17-11-10-14(2)12-15(17)3/h5-6,8-12H,4,7,13H2,1-3H3,(H,23,25). The number of fused-ring (bicyclic) bond motifs is 1. The summed E-state index contributed by atoms with van der Waals surface area (Å²) in [7, 11) is 0. The Morgan fingerprint density at radius 1 is 1.12 bits per heavy atom. The zero-order chi connectivity index (χ0) is 18.5. The van der Waals surface area contributed by atoms with Crippen molar-refractivity contribution >= 4 is 34.3 Å². The minimum absolute atomic E-state index is 0.0262. The summed E-state index contributed by atoms with van der Waals surface area (Å²) < 4.78 is 0. The van der Waals surface area contributed by atoms with Crippen LogP contribution in [0.1, 0.15) is 30.3 Å². The van der Waals surface area contributed by atoms with Gasteiger partial charge in [0.25, 0.3) is 0 Å². The monoisotopic (exact) mass is 365 g/mol. The summed E-state index contributed by atoms with van der Waals surface area (Å²) in [6.07, 6.45) is 1.84. The molecule has 0 spiro atoms. The number of benzene rings is 2. The molecule has 0 radical (unpaired) electrons. The smallest absolute Gasteiger partial charge is 0.234 e. The first-order valence-electron chi connectivity index (χ1n) is 8.82. The van der Waals surface area contributed by atoms with E-state index in [1.54, 1.807) is 0 Å². The number of nitrogens with zero attached hydrogens (tertiary/aromatic N) is 2. The zero-order valence-corrected chi connectivity index (χ0v) is 16.2. The van der Waals surface area contributed by atoms with E-state index < -0.39 is 0 Å². The number of anilines is 1. The second-order valence-electron chi connectivity index (χ2n) is 6.37. The first-order valence-corrected chi connectivity index (χ1v) is 9.81. The van der Waals surface area contributed by atoms with Crippen LogP contribution in [0.5, 0.6) is 0 Å². The molecule has 26 heavy (non-hydrogen) atoms. The fourth-order valence-electron chi connectivity index (χ4n) is 2.81. The van der Waals surface area contributed by atoms with Crippen molar-refractivity contribution in [2.45, 2.75) is 38.6 Å². The van der Waals surface area contributed by atoms with E-state index >= 15 is 0 Å². The molecular weight excluding hydrogens is 342 g/mol. The van der Waals surface area contributed by atoms with Crippen molar-refractivity contribution in [1.29, 1.82) is 0 Å². The summed E-state index contributed by atoms with van der Waals surface area (Å²) in [5.41, 5.74) is 4.05. The third-order valence-corrected chi connectivity index (χ3v) is 5.08. The van der Waals surface area contributed by atoms with Gasteiger partial charge < -0.3 is 5.32 Å². The normalized spacial score (nSPS) is 10.9. The van der Waals surface area contributed by atoms with E-state index in [2.05, 4.69) is 28.3 Å². The Hall–Kier alpha value is -2.40. The summed E-state index contributed by atoms with van der Waals surface area (Å²) in [5, 5.41) is 4.86. The van der Waals surface area contributed by atoms with Crippen LogP contribution in [0.4, 0.5) is 5.69 Å². The summed E-state index contributed by atoms with van der Waals surface area (Å²) >= 11 is 1.46. The Balaban J connectivity index is 1.75. The summed E-state index contributed by atoms with van der Waals surface area (Å²) in [5.74, 6) is 1.13. The Morgan fingerprint density at radius 2 is 1.92 bits per heavy atom. The van der Waals surface area contributed by atoms with Crippen molar-refractivity contribution in [2.24, 2.45) is 0 Å². The molecule has 2 aromatic carbocycles. The SMILES string of the molecule is CCCc1nc(SCC(=O)Nc2ccc(C)cc2C)c2ccccc2n1. The van der Waals surface area contributed by atoms with Gasteiger partial charge in [-0.25, -0.2) is 9.97 Å². The van der Waals surface area contributed by atoms with Crippen LogP contribution >= 0.6 is 11.8 Å². The lowest BCUT2D eigenvalue weighted by molar-refractivity contribution is -0.113. The highest BCUT2D eigenvalue weighted by molar-refractivity contribution is 8.00. The fraction of sp³-hybridized carbons (Fsp3) is 0.286. The van der Waals surface area contributed by atoms with Crippen LogP contribution in [0.15, 0.2) is 47.5 Å². The molecule has 0 aliphatic carbocycles. The van der Waals surface area contributed by atoms with Crippen molar-refractivity contribution in [3.05, 3.63) is 59.4 Å². The number of rotatable bonds is 6. The second kappa shape index (κ2) is 8.32. The third-order valence-electron chi connectivity index (χ3n) is 4.08. The molecule has 1 amide bonds. The van der Waals surface area contributed by atoms with Crippen molar-refractivity contribution in [3.8, 4) is 0 Å². The number of nitrogens with one attached hydrogen (secondary N) is 1. The van der Waals surface area contributed by atoms with Crippen molar-refractivity contribution in [3.63, 3.8) is 0 Å². The van der Waals surface area contributed by atoms with E-state index in [1.165, 1.54) is 17.3 Å². The maximum Gasteiger partial charge on any atom is 0.234 e. The minimum atomic E-state index is -0.0262. The highest BCUT2D eigenvalue weighted by atomic mass is 32.2. The molecule has 0 bridgehead atoms. The molecule has 1 aromatic heterocycles. The van der Waals surface area contributed by atoms with Crippen LogP contribution in [0.2, 0.25) is 0 Å². The number of hydrogen-bond acceptors (Lipinski definition) is 4. The van der Waals surface area contributed by atoms with E-state index in [-0.39, 0.29) is 5.91 Å².